The van der Waals surface area contributed by atoms with Crippen LogP contribution < -0.4 is 10.2 Å². The zero-order valence-corrected chi connectivity index (χ0v) is 16.2. The van der Waals surface area contributed by atoms with Crippen LogP contribution in [-0.2, 0) is 4.79 Å². The van der Waals surface area contributed by atoms with Gasteiger partial charge in [-0.25, -0.2) is 0 Å². The molecule has 1 aliphatic heterocycles. The third kappa shape index (κ3) is 4.77. The maximum atomic E-state index is 12.4. The van der Waals surface area contributed by atoms with Crippen molar-refractivity contribution in [3.8, 4) is 0 Å². The highest BCUT2D eigenvalue weighted by molar-refractivity contribution is 6.30. The van der Waals surface area contributed by atoms with Gasteiger partial charge in [0.15, 0.2) is 0 Å². The maximum Gasteiger partial charge on any atom is 0.234 e. The average molecular weight is 372 g/mol. The second kappa shape index (κ2) is 8.56. The number of nitrogens with zero attached hydrogens (tertiary/aromatic N) is 2. The molecule has 0 aliphatic carbocycles. The number of hydrogen-bond acceptors (Lipinski definition) is 3. The Labute approximate surface area is 160 Å². The molecule has 1 unspecified atom stereocenters. The first-order valence-electron chi connectivity index (χ1n) is 9.10. The van der Waals surface area contributed by atoms with Gasteiger partial charge in [-0.2, -0.15) is 0 Å². The molecule has 1 atom stereocenters. The lowest BCUT2D eigenvalue weighted by Gasteiger charge is -2.36. The highest BCUT2D eigenvalue weighted by Crippen LogP contribution is 2.21. The molecule has 0 aromatic heterocycles. The minimum Gasteiger partial charge on any atom is -0.369 e. The normalized spacial score (nSPS) is 16.3. The molecule has 2 aromatic carbocycles. The largest absolute Gasteiger partial charge is 0.369 e. The molecule has 0 saturated carbocycles. The van der Waals surface area contributed by atoms with Gasteiger partial charge in [0.2, 0.25) is 5.91 Å². The number of rotatable bonds is 5. The van der Waals surface area contributed by atoms with Crippen molar-refractivity contribution in [3.05, 3.63) is 64.7 Å². The fraction of sp³-hybridized carbons (Fsp3) is 0.381. The van der Waals surface area contributed by atoms with E-state index < -0.39 is 0 Å². The predicted octanol–water partition coefficient (Wildman–Crippen LogP) is 3.65. The van der Waals surface area contributed by atoms with Gasteiger partial charge in [0.1, 0.15) is 0 Å². The predicted molar refractivity (Wildman–Crippen MR) is 108 cm³/mol. The summed E-state index contributed by atoms with van der Waals surface area (Å²) in [5, 5.41) is 3.76. The Bertz CT molecular complexity index is 756. The minimum atomic E-state index is -0.0468. The Hall–Kier alpha value is -2.04. The number of nitrogens with one attached hydrogen (secondary N) is 1. The van der Waals surface area contributed by atoms with Crippen LogP contribution in [0.2, 0.25) is 5.02 Å². The summed E-state index contributed by atoms with van der Waals surface area (Å²) >= 11 is 6.03. The Morgan fingerprint density at radius 1 is 1.12 bits per heavy atom. The molecule has 1 saturated heterocycles. The maximum absolute atomic E-state index is 12.4. The number of anilines is 1. The van der Waals surface area contributed by atoms with E-state index in [1.807, 2.05) is 31.2 Å². The molecule has 138 valence electrons. The van der Waals surface area contributed by atoms with Crippen LogP contribution in [0.5, 0.6) is 0 Å². The van der Waals surface area contributed by atoms with Gasteiger partial charge in [0.05, 0.1) is 12.6 Å². The quantitative estimate of drug-likeness (QED) is 0.871. The van der Waals surface area contributed by atoms with E-state index >= 15 is 0 Å². The molecule has 26 heavy (non-hydrogen) atoms. The second-order valence-corrected chi connectivity index (χ2v) is 7.33. The van der Waals surface area contributed by atoms with Crippen molar-refractivity contribution in [2.24, 2.45) is 0 Å². The summed E-state index contributed by atoms with van der Waals surface area (Å²) in [7, 11) is 0. The Balaban J connectivity index is 1.48. The van der Waals surface area contributed by atoms with E-state index in [0.717, 1.165) is 31.7 Å². The lowest BCUT2D eigenvalue weighted by molar-refractivity contribution is -0.123. The van der Waals surface area contributed by atoms with Gasteiger partial charge < -0.3 is 10.2 Å². The van der Waals surface area contributed by atoms with E-state index in [4.69, 9.17) is 11.6 Å². The number of carbonyl (C=O) groups excluding carboxylic acids is 1. The van der Waals surface area contributed by atoms with Crippen LogP contribution in [0, 0.1) is 6.92 Å². The average Bonchev–Trinajstić information content (AvgIpc) is 2.63. The van der Waals surface area contributed by atoms with Crippen molar-refractivity contribution >= 4 is 23.2 Å². The number of para-hydroxylation sites is 1. The van der Waals surface area contributed by atoms with E-state index in [1.165, 1.54) is 11.3 Å². The molecule has 0 spiro atoms. The molecule has 1 fully saturated rings. The van der Waals surface area contributed by atoms with E-state index in [9.17, 15) is 4.79 Å². The number of benzene rings is 2. The van der Waals surface area contributed by atoms with Gasteiger partial charge in [0, 0.05) is 36.9 Å². The number of amides is 1. The Kier molecular flexibility index (Phi) is 6.17. The molecule has 1 heterocycles. The summed E-state index contributed by atoms with van der Waals surface area (Å²) in [6.07, 6.45) is 0. The van der Waals surface area contributed by atoms with Crippen LogP contribution in [0.25, 0.3) is 0 Å². The van der Waals surface area contributed by atoms with Crippen LogP contribution >= 0.6 is 11.6 Å². The SMILES string of the molecule is Cc1ccccc1N1CCN(CC(=O)NC(C)c2cccc(Cl)c2)CC1. The molecule has 1 aliphatic rings. The Morgan fingerprint density at radius 2 is 1.85 bits per heavy atom. The summed E-state index contributed by atoms with van der Waals surface area (Å²) in [4.78, 5) is 17.0. The number of halogens is 1. The zero-order chi connectivity index (χ0) is 18.5. The van der Waals surface area contributed by atoms with Gasteiger partial charge in [-0.1, -0.05) is 41.9 Å². The first-order chi connectivity index (χ1) is 12.5. The molecule has 0 bridgehead atoms. The van der Waals surface area contributed by atoms with Gasteiger partial charge in [-0.05, 0) is 43.2 Å². The fourth-order valence-corrected chi connectivity index (χ4v) is 3.61. The third-order valence-corrected chi connectivity index (χ3v) is 5.16. The van der Waals surface area contributed by atoms with Crippen LogP contribution in [0.15, 0.2) is 48.5 Å². The number of hydrogen-bond donors (Lipinski definition) is 1. The molecule has 1 amide bonds. The van der Waals surface area contributed by atoms with Crippen molar-refractivity contribution in [2.75, 3.05) is 37.6 Å². The van der Waals surface area contributed by atoms with Crippen LogP contribution in [0.1, 0.15) is 24.1 Å². The highest BCUT2D eigenvalue weighted by Gasteiger charge is 2.20. The topological polar surface area (TPSA) is 35.6 Å². The lowest BCUT2D eigenvalue weighted by Crippen LogP contribution is -2.49. The minimum absolute atomic E-state index is 0.0468. The Morgan fingerprint density at radius 3 is 2.54 bits per heavy atom. The summed E-state index contributed by atoms with van der Waals surface area (Å²) in [6.45, 7) is 8.25. The van der Waals surface area contributed by atoms with Crippen LogP contribution in [0.4, 0.5) is 5.69 Å². The van der Waals surface area contributed by atoms with Crippen LogP contribution in [0.3, 0.4) is 0 Å². The van der Waals surface area contributed by atoms with Gasteiger partial charge >= 0.3 is 0 Å². The lowest BCUT2D eigenvalue weighted by atomic mass is 10.1. The van der Waals surface area contributed by atoms with E-state index in [0.29, 0.717) is 11.6 Å². The van der Waals surface area contributed by atoms with Crippen molar-refractivity contribution in [2.45, 2.75) is 19.9 Å². The second-order valence-electron chi connectivity index (χ2n) is 6.89. The monoisotopic (exact) mass is 371 g/mol. The van der Waals surface area contributed by atoms with Crippen molar-refractivity contribution in [1.29, 1.82) is 0 Å². The summed E-state index contributed by atoms with van der Waals surface area (Å²) in [5.41, 5.74) is 3.62. The molecule has 5 heteroatoms. The first kappa shape index (κ1) is 18.7. The van der Waals surface area contributed by atoms with Crippen molar-refractivity contribution < 1.29 is 4.79 Å². The molecule has 1 N–H and O–H groups in total. The van der Waals surface area contributed by atoms with Gasteiger partial charge in [-0.3, -0.25) is 9.69 Å². The van der Waals surface area contributed by atoms with Crippen molar-refractivity contribution in [3.63, 3.8) is 0 Å². The zero-order valence-electron chi connectivity index (χ0n) is 15.4. The summed E-state index contributed by atoms with van der Waals surface area (Å²) in [5.74, 6) is 0.0572. The van der Waals surface area contributed by atoms with Crippen LogP contribution in [-0.4, -0.2) is 43.5 Å². The standard InChI is InChI=1S/C21H26ClN3O/c1-16-6-3-4-9-20(16)25-12-10-24(11-13-25)15-21(26)23-17(2)18-7-5-8-19(22)14-18/h3-9,14,17H,10-13,15H2,1-2H3,(H,23,26). The van der Waals surface area contributed by atoms with Gasteiger partial charge in [-0.15, -0.1) is 0 Å². The summed E-state index contributed by atoms with van der Waals surface area (Å²) in [6, 6.07) is 16.1. The number of carbonyl (C=O) groups is 1. The highest BCUT2D eigenvalue weighted by atomic mass is 35.5. The van der Waals surface area contributed by atoms with E-state index in [-0.39, 0.29) is 11.9 Å². The summed E-state index contributed by atoms with van der Waals surface area (Å²) < 4.78 is 0. The number of piperazine rings is 1. The van der Waals surface area contributed by atoms with E-state index in [1.54, 1.807) is 0 Å². The molecular weight excluding hydrogens is 346 g/mol. The fourth-order valence-electron chi connectivity index (χ4n) is 3.41. The number of aryl methyl sites for hydroxylation is 1. The van der Waals surface area contributed by atoms with E-state index in [2.05, 4.69) is 46.3 Å². The van der Waals surface area contributed by atoms with Crippen molar-refractivity contribution in [1.82, 2.24) is 10.2 Å². The van der Waals surface area contributed by atoms with Gasteiger partial charge in [0.25, 0.3) is 0 Å². The molecule has 4 nitrogen and oxygen atoms in total. The molecular formula is C21H26ClN3O. The first-order valence-corrected chi connectivity index (χ1v) is 9.48. The molecule has 2 aromatic rings. The molecule has 3 rings (SSSR count). The molecule has 0 radical (unpaired) electrons. The smallest absolute Gasteiger partial charge is 0.234 e. The third-order valence-electron chi connectivity index (χ3n) is 4.92.